The van der Waals surface area contributed by atoms with Crippen molar-refractivity contribution in [2.24, 2.45) is 5.41 Å². The molecular formula is C29H31ClN10. The molecule has 0 saturated heterocycles. The first-order chi connectivity index (χ1) is 19.3. The van der Waals surface area contributed by atoms with E-state index >= 15 is 0 Å². The number of nitrogens with zero attached hydrogens (tertiary/aromatic N) is 6. The Balaban J connectivity index is 1.42. The summed E-state index contributed by atoms with van der Waals surface area (Å²) in [6, 6.07) is 14.6. The molecule has 1 aliphatic heterocycles. The number of hydrazine groups is 2. The van der Waals surface area contributed by atoms with E-state index in [4.69, 9.17) is 11.6 Å². The fourth-order valence-corrected chi connectivity index (χ4v) is 4.98. The number of halogens is 1. The number of fused-ring (bicyclic) bond motifs is 1. The maximum absolute atomic E-state index is 9.85. The van der Waals surface area contributed by atoms with Gasteiger partial charge in [-0.3, -0.25) is 9.99 Å². The fraction of sp³-hybridized carbons (Fsp3) is 0.310. The van der Waals surface area contributed by atoms with Gasteiger partial charge in [0, 0.05) is 36.1 Å². The molecule has 0 spiro atoms. The van der Waals surface area contributed by atoms with Crippen molar-refractivity contribution >= 4 is 33.9 Å². The van der Waals surface area contributed by atoms with Gasteiger partial charge in [-0.05, 0) is 48.1 Å². The molecule has 6 rings (SSSR count). The lowest BCUT2D eigenvalue weighted by molar-refractivity contribution is 0.260. The lowest BCUT2D eigenvalue weighted by Crippen LogP contribution is -2.38. The van der Waals surface area contributed by atoms with E-state index in [0.717, 1.165) is 46.6 Å². The summed E-state index contributed by atoms with van der Waals surface area (Å²) in [5, 5.41) is 24.7. The molecule has 4 aromatic rings. The van der Waals surface area contributed by atoms with E-state index in [1.165, 1.54) is 6.33 Å². The van der Waals surface area contributed by atoms with Crippen LogP contribution in [0.3, 0.4) is 0 Å². The Morgan fingerprint density at radius 1 is 1.23 bits per heavy atom. The number of hydrogen-bond donors (Lipinski definition) is 4. The Morgan fingerprint density at radius 2 is 2.08 bits per heavy atom. The number of pyridine rings is 1. The second-order valence-corrected chi connectivity index (χ2v) is 11.8. The lowest BCUT2D eigenvalue weighted by atomic mass is 9.96. The predicted octanol–water partition coefficient (Wildman–Crippen LogP) is 5.28. The van der Waals surface area contributed by atoms with Gasteiger partial charge in [0.15, 0.2) is 0 Å². The molecule has 2 aromatic heterocycles. The summed E-state index contributed by atoms with van der Waals surface area (Å²) in [6.07, 6.45) is 9.23. The van der Waals surface area contributed by atoms with Crippen LogP contribution in [0.15, 0.2) is 67.1 Å². The number of nitriles is 1. The van der Waals surface area contributed by atoms with Gasteiger partial charge in [-0.15, -0.1) is 5.53 Å². The molecule has 3 heterocycles. The van der Waals surface area contributed by atoms with Gasteiger partial charge in [-0.1, -0.05) is 44.5 Å². The summed E-state index contributed by atoms with van der Waals surface area (Å²) in [7, 11) is 0. The van der Waals surface area contributed by atoms with Crippen molar-refractivity contribution in [1.82, 2.24) is 35.7 Å². The zero-order chi connectivity index (χ0) is 27.9. The van der Waals surface area contributed by atoms with Gasteiger partial charge in [-0.25, -0.2) is 9.67 Å². The molecule has 0 amide bonds. The quantitative estimate of drug-likeness (QED) is 0.230. The van der Waals surface area contributed by atoms with Gasteiger partial charge < -0.3 is 16.1 Å². The molecule has 4 N–H and O–H groups in total. The molecule has 2 aliphatic rings. The zero-order valence-electron chi connectivity index (χ0n) is 22.6. The molecule has 2 aromatic carbocycles. The van der Waals surface area contributed by atoms with Crippen LogP contribution >= 0.6 is 11.6 Å². The zero-order valence-corrected chi connectivity index (χ0v) is 23.4. The highest BCUT2D eigenvalue weighted by Gasteiger charge is 2.32. The van der Waals surface area contributed by atoms with Gasteiger partial charge in [0.05, 0.1) is 39.2 Å². The van der Waals surface area contributed by atoms with Crippen molar-refractivity contribution in [3.8, 4) is 11.8 Å². The number of anilines is 2. The maximum Gasteiger partial charge on any atom is 0.138 e. The first-order valence-corrected chi connectivity index (χ1v) is 13.7. The molecule has 1 fully saturated rings. The smallest absolute Gasteiger partial charge is 0.138 e. The van der Waals surface area contributed by atoms with Crippen LogP contribution in [0.1, 0.15) is 50.8 Å². The lowest BCUT2D eigenvalue weighted by Gasteiger charge is -2.24. The second-order valence-electron chi connectivity index (χ2n) is 11.4. The first-order valence-electron chi connectivity index (χ1n) is 13.3. The van der Waals surface area contributed by atoms with Crippen molar-refractivity contribution in [2.75, 3.05) is 17.2 Å². The number of nitrogens with one attached hydrogen (secondary N) is 4. The molecule has 1 saturated carbocycles. The summed E-state index contributed by atoms with van der Waals surface area (Å²) in [6.45, 7) is 7.13. The largest absolute Gasteiger partial charge is 0.383 e. The molecule has 0 bridgehead atoms. The highest BCUT2D eigenvalue weighted by molar-refractivity contribution is 6.35. The van der Waals surface area contributed by atoms with E-state index in [0.29, 0.717) is 28.7 Å². The molecule has 204 valence electrons. The van der Waals surface area contributed by atoms with E-state index in [-0.39, 0.29) is 11.5 Å². The monoisotopic (exact) mass is 554 g/mol. The molecular weight excluding hydrogens is 524 g/mol. The number of aromatic nitrogens is 4. The van der Waals surface area contributed by atoms with Crippen LogP contribution in [0.5, 0.6) is 0 Å². The van der Waals surface area contributed by atoms with Crippen LogP contribution in [0.4, 0.5) is 11.4 Å². The third-order valence-corrected chi connectivity index (χ3v) is 7.19. The molecule has 40 heavy (non-hydrogen) atoms. The van der Waals surface area contributed by atoms with E-state index in [2.05, 4.69) is 86.8 Å². The number of hydrogen-bond acceptors (Lipinski definition) is 9. The Hall–Kier alpha value is -4.33. The van der Waals surface area contributed by atoms with Crippen LogP contribution in [-0.2, 0) is 0 Å². The summed E-state index contributed by atoms with van der Waals surface area (Å²) >= 11 is 6.79. The summed E-state index contributed by atoms with van der Waals surface area (Å²) in [5.74, 6) is 0. The Morgan fingerprint density at radius 3 is 2.80 bits per heavy atom. The third kappa shape index (κ3) is 5.39. The van der Waals surface area contributed by atoms with Gasteiger partial charge in [-0.2, -0.15) is 10.4 Å². The van der Waals surface area contributed by atoms with E-state index in [9.17, 15) is 5.26 Å². The Labute approximate surface area is 238 Å². The van der Waals surface area contributed by atoms with E-state index < -0.39 is 0 Å². The SMILES string of the molecule is CC(C)(C)CNc1c(C#N)cnc2c(Cl)cc(N[C@H](C3=CN(C4CC4)NN3)c3cccc(-n4cncn4)c3)cc12. The van der Waals surface area contributed by atoms with Crippen molar-refractivity contribution in [2.45, 2.75) is 45.7 Å². The average Bonchev–Trinajstić information content (AvgIpc) is 3.41. The first kappa shape index (κ1) is 25.9. The minimum absolute atomic E-state index is 0.0171. The second kappa shape index (κ2) is 10.3. The van der Waals surface area contributed by atoms with Crippen LogP contribution in [0.2, 0.25) is 5.02 Å². The van der Waals surface area contributed by atoms with Gasteiger partial charge in [0.2, 0.25) is 0 Å². The average molecular weight is 555 g/mol. The molecule has 0 radical (unpaired) electrons. The molecule has 0 unspecified atom stereocenters. The summed E-state index contributed by atoms with van der Waals surface area (Å²) in [4.78, 5) is 8.60. The van der Waals surface area contributed by atoms with Gasteiger partial charge >= 0.3 is 0 Å². The van der Waals surface area contributed by atoms with Crippen LogP contribution < -0.4 is 21.6 Å². The standard InChI is InChI=1S/C29H31ClN10/c1-29(2,3)15-34-26-19(12-31)13-33-28-23(26)10-20(11-24(28)30)36-27(25-14-39(38-37-25)21-7-8-21)18-5-4-6-22(9-18)40-17-32-16-35-40/h4-6,9-11,13-14,16-17,21,27,36-38H,7-8,15H2,1-3H3,(H,33,34)/t27-/m0/s1. The van der Waals surface area contributed by atoms with Crippen LogP contribution in [0, 0.1) is 16.7 Å². The normalized spacial score (nSPS) is 15.9. The molecule has 11 heteroatoms. The minimum atomic E-state index is -0.244. The predicted molar refractivity (Wildman–Crippen MR) is 156 cm³/mol. The Bertz CT molecular complexity index is 1610. The van der Waals surface area contributed by atoms with E-state index in [1.807, 2.05) is 24.3 Å². The molecule has 1 aliphatic carbocycles. The van der Waals surface area contributed by atoms with E-state index in [1.54, 1.807) is 17.2 Å². The molecule has 10 nitrogen and oxygen atoms in total. The molecule has 1 atom stereocenters. The highest BCUT2D eigenvalue weighted by atomic mass is 35.5. The summed E-state index contributed by atoms with van der Waals surface area (Å²) < 4.78 is 1.74. The van der Waals surface area contributed by atoms with Crippen molar-refractivity contribution in [3.05, 3.63) is 83.3 Å². The van der Waals surface area contributed by atoms with Crippen LogP contribution in [-0.4, -0.2) is 37.3 Å². The van der Waals surface area contributed by atoms with Gasteiger partial charge in [0.25, 0.3) is 0 Å². The topological polar surface area (TPSA) is 119 Å². The highest BCUT2D eigenvalue weighted by Crippen LogP contribution is 2.37. The number of rotatable bonds is 8. The van der Waals surface area contributed by atoms with Crippen molar-refractivity contribution in [3.63, 3.8) is 0 Å². The minimum Gasteiger partial charge on any atom is -0.383 e. The third-order valence-electron chi connectivity index (χ3n) is 6.90. The van der Waals surface area contributed by atoms with Crippen LogP contribution in [0.25, 0.3) is 16.6 Å². The van der Waals surface area contributed by atoms with Crippen molar-refractivity contribution in [1.29, 1.82) is 5.26 Å². The fourth-order valence-electron chi connectivity index (χ4n) is 4.71. The van der Waals surface area contributed by atoms with Gasteiger partial charge in [0.1, 0.15) is 18.7 Å². The van der Waals surface area contributed by atoms with Crippen molar-refractivity contribution < 1.29 is 0 Å². The Kier molecular flexibility index (Phi) is 6.70. The summed E-state index contributed by atoms with van der Waals surface area (Å²) in [5.41, 5.74) is 12.2. The maximum atomic E-state index is 9.85. The number of benzene rings is 2.